The third-order valence-corrected chi connectivity index (χ3v) is 6.83. The highest BCUT2D eigenvalue weighted by Gasteiger charge is 2.19. The van der Waals surface area contributed by atoms with Crippen molar-refractivity contribution in [2.24, 2.45) is 10.3 Å². The molecule has 2 aromatic heterocycles. The van der Waals surface area contributed by atoms with Crippen molar-refractivity contribution < 1.29 is 22.5 Å². The van der Waals surface area contributed by atoms with Crippen LogP contribution in [-0.4, -0.2) is 50.5 Å². The number of hydrogen-bond acceptors (Lipinski definition) is 6. The summed E-state index contributed by atoms with van der Waals surface area (Å²) in [5, 5.41) is 0.387. The number of benzene rings is 2. The zero-order valence-electron chi connectivity index (χ0n) is 22.6. The van der Waals surface area contributed by atoms with Gasteiger partial charge in [0, 0.05) is 40.0 Å². The summed E-state index contributed by atoms with van der Waals surface area (Å²) in [6.07, 6.45) is 2.34. The van der Waals surface area contributed by atoms with E-state index in [0.717, 1.165) is 0 Å². The molecule has 4 rings (SSSR count). The number of pyridine rings is 1. The van der Waals surface area contributed by atoms with E-state index in [1.54, 1.807) is 30.3 Å². The quantitative estimate of drug-likeness (QED) is 0.224. The predicted molar refractivity (Wildman–Crippen MR) is 152 cm³/mol. The molecule has 11 heteroatoms. The van der Waals surface area contributed by atoms with Crippen LogP contribution in [0.15, 0.2) is 46.8 Å². The van der Waals surface area contributed by atoms with Crippen molar-refractivity contribution in [2.75, 3.05) is 19.1 Å². The van der Waals surface area contributed by atoms with E-state index in [2.05, 4.69) is 33.2 Å². The molecule has 2 aromatic carbocycles. The predicted octanol–water partition coefficient (Wildman–Crippen LogP) is 7.41. The number of hydrogen-bond donors (Lipinski definition) is 1. The topological polar surface area (TPSA) is 89.5 Å². The molecule has 0 aliphatic carbocycles. The second kappa shape index (κ2) is 11.6. The Labute approximate surface area is 232 Å². The van der Waals surface area contributed by atoms with Crippen LogP contribution in [0.1, 0.15) is 27.7 Å². The molecule has 4 aromatic rings. The van der Waals surface area contributed by atoms with Crippen LogP contribution >= 0.6 is 11.6 Å². The molecule has 0 spiro atoms. The third-order valence-electron chi connectivity index (χ3n) is 5.91. The van der Waals surface area contributed by atoms with Crippen LogP contribution in [-0.2, 0) is 14.5 Å². The molecule has 0 fully saturated rings. The first kappa shape index (κ1) is 28.9. The Bertz CT molecular complexity index is 1610. The number of halogens is 3. The second-order valence-electron chi connectivity index (χ2n) is 10.1. The van der Waals surface area contributed by atoms with Gasteiger partial charge in [0.05, 0.1) is 22.3 Å². The average molecular weight is 577 g/mol. The first-order valence-corrected chi connectivity index (χ1v) is 15.1. The SMILES string of the molecule is CC(C)CO[C@@H](C)[C@@H](C)Oc1nc2nc(-c3ccc(-c4ccc(N=S(C)(C)=O)c(F)c4F)cc3)c(Cl)cc2[nH]1. The summed E-state index contributed by atoms with van der Waals surface area (Å²) in [6, 6.07) is 11.5. The van der Waals surface area contributed by atoms with E-state index in [1.807, 2.05) is 13.8 Å². The minimum Gasteiger partial charge on any atom is -0.459 e. The molecule has 208 valence electrons. The number of fused-ring (bicyclic) bond motifs is 1. The van der Waals surface area contributed by atoms with E-state index < -0.39 is 21.4 Å². The van der Waals surface area contributed by atoms with Gasteiger partial charge in [-0.1, -0.05) is 49.7 Å². The number of nitrogens with zero attached hydrogens (tertiary/aromatic N) is 3. The molecule has 0 unspecified atom stereocenters. The van der Waals surface area contributed by atoms with Gasteiger partial charge in [-0.2, -0.15) is 9.35 Å². The molecule has 0 aliphatic rings. The molecular weight excluding hydrogens is 546 g/mol. The fourth-order valence-electron chi connectivity index (χ4n) is 3.78. The van der Waals surface area contributed by atoms with Crippen molar-refractivity contribution >= 4 is 38.2 Å². The van der Waals surface area contributed by atoms with E-state index in [0.29, 0.717) is 51.5 Å². The van der Waals surface area contributed by atoms with E-state index in [-0.39, 0.29) is 23.5 Å². The van der Waals surface area contributed by atoms with Gasteiger partial charge in [-0.25, -0.2) is 18.0 Å². The Balaban J connectivity index is 1.57. The van der Waals surface area contributed by atoms with Gasteiger partial charge in [-0.3, -0.25) is 0 Å². The largest absolute Gasteiger partial charge is 0.459 e. The van der Waals surface area contributed by atoms with Crippen LogP contribution in [0.5, 0.6) is 6.01 Å². The Hall–Kier alpha value is -3.08. The lowest BCUT2D eigenvalue weighted by molar-refractivity contribution is -0.0204. The third kappa shape index (κ3) is 6.93. The highest BCUT2D eigenvalue weighted by Crippen LogP contribution is 2.34. The van der Waals surface area contributed by atoms with Gasteiger partial charge in [0.2, 0.25) is 0 Å². The minimum absolute atomic E-state index is 0.0565. The summed E-state index contributed by atoms with van der Waals surface area (Å²) in [5.41, 5.74) is 2.42. The molecule has 2 atom stereocenters. The van der Waals surface area contributed by atoms with E-state index in [1.165, 1.54) is 24.6 Å². The maximum absolute atomic E-state index is 14.8. The molecule has 0 aliphatic heterocycles. The van der Waals surface area contributed by atoms with Crippen molar-refractivity contribution in [3.8, 4) is 28.4 Å². The summed E-state index contributed by atoms with van der Waals surface area (Å²) < 4.78 is 56.8. The summed E-state index contributed by atoms with van der Waals surface area (Å²) in [4.78, 5) is 12.1. The molecule has 2 heterocycles. The highest BCUT2D eigenvalue weighted by molar-refractivity contribution is 7.92. The fourth-order valence-corrected chi connectivity index (χ4v) is 4.66. The zero-order chi connectivity index (χ0) is 28.5. The van der Waals surface area contributed by atoms with Gasteiger partial charge < -0.3 is 14.5 Å². The van der Waals surface area contributed by atoms with Crippen LogP contribution in [0.25, 0.3) is 33.5 Å². The van der Waals surface area contributed by atoms with Crippen LogP contribution in [0.2, 0.25) is 5.02 Å². The van der Waals surface area contributed by atoms with Crippen molar-refractivity contribution in [1.29, 1.82) is 0 Å². The van der Waals surface area contributed by atoms with Crippen molar-refractivity contribution in [1.82, 2.24) is 15.0 Å². The van der Waals surface area contributed by atoms with Crippen LogP contribution in [0.4, 0.5) is 14.5 Å². The molecule has 0 saturated carbocycles. The molecule has 0 saturated heterocycles. The number of ether oxygens (including phenoxy) is 2. The Kier molecular flexibility index (Phi) is 8.58. The molecule has 0 bridgehead atoms. The van der Waals surface area contributed by atoms with Crippen molar-refractivity contribution in [3.05, 3.63) is 59.1 Å². The summed E-state index contributed by atoms with van der Waals surface area (Å²) >= 11 is 6.53. The van der Waals surface area contributed by atoms with Crippen LogP contribution in [0, 0.1) is 17.6 Å². The fraction of sp³-hybridized carbons (Fsp3) is 0.357. The minimum atomic E-state index is -2.64. The number of aromatic nitrogens is 3. The van der Waals surface area contributed by atoms with Gasteiger partial charge in [-0.05, 0) is 43.5 Å². The van der Waals surface area contributed by atoms with Gasteiger partial charge in [0.1, 0.15) is 11.8 Å². The van der Waals surface area contributed by atoms with Crippen LogP contribution < -0.4 is 4.74 Å². The molecule has 7 nitrogen and oxygen atoms in total. The lowest BCUT2D eigenvalue weighted by atomic mass is 10.0. The van der Waals surface area contributed by atoms with E-state index in [9.17, 15) is 13.0 Å². The highest BCUT2D eigenvalue weighted by atomic mass is 35.5. The van der Waals surface area contributed by atoms with Crippen molar-refractivity contribution in [2.45, 2.75) is 39.9 Å². The first-order valence-electron chi connectivity index (χ1n) is 12.4. The number of rotatable bonds is 9. The molecular formula is C28H31ClF2N4O3S. The zero-order valence-corrected chi connectivity index (χ0v) is 24.2. The van der Waals surface area contributed by atoms with Gasteiger partial charge in [-0.15, -0.1) is 0 Å². The lowest BCUT2D eigenvalue weighted by Gasteiger charge is -2.21. The standard InChI is InChI=1S/C28H31ClF2N4O3S/c1-15(2)14-37-16(3)17(4)38-28-32-23-13-21(29)26(33-27(23)34-28)19-9-7-18(8-10-19)20-11-12-22(25(31)24(20)30)35-39(5,6)36/h7-13,15-17H,14H2,1-6H3,(H,32,33,34)/t16-,17+/m0/s1. The van der Waals surface area contributed by atoms with E-state index >= 15 is 0 Å². The smallest absolute Gasteiger partial charge is 0.296 e. The Morgan fingerprint density at radius 1 is 0.974 bits per heavy atom. The summed E-state index contributed by atoms with van der Waals surface area (Å²) in [5.74, 6) is -1.79. The van der Waals surface area contributed by atoms with E-state index in [4.69, 9.17) is 21.1 Å². The maximum atomic E-state index is 14.8. The second-order valence-corrected chi connectivity index (χ2v) is 13.0. The number of nitrogens with one attached hydrogen (secondary N) is 1. The molecule has 0 amide bonds. The van der Waals surface area contributed by atoms with Gasteiger partial charge in [0.15, 0.2) is 17.3 Å². The van der Waals surface area contributed by atoms with Gasteiger partial charge >= 0.3 is 0 Å². The Morgan fingerprint density at radius 3 is 2.28 bits per heavy atom. The number of H-pyrrole nitrogens is 1. The molecule has 1 N–H and O–H groups in total. The summed E-state index contributed by atoms with van der Waals surface area (Å²) in [7, 11) is -2.64. The maximum Gasteiger partial charge on any atom is 0.296 e. The molecule has 0 radical (unpaired) electrons. The average Bonchev–Trinajstić information content (AvgIpc) is 3.25. The number of imidazole rings is 1. The monoisotopic (exact) mass is 576 g/mol. The van der Waals surface area contributed by atoms with Crippen molar-refractivity contribution in [3.63, 3.8) is 0 Å². The summed E-state index contributed by atoms with van der Waals surface area (Å²) in [6.45, 7) is 8.67. The Morgan fingerprint density at radius 2 is 1.64 bits per heavy atom. The first-order chi connectivity index (χ1) is 18.3. The molecule has 39 heavy (non-hydrogen) atoms. The lowest BCUT2D eigenvalue weighted by Crippen LogP contribution is -2.30. The van der Waals surface area contributed by atoms with Gasteiger partial charge in [0.25, 0.3) is 6.01 Å². The van der Waals surface area contributed by atoms with Crippen LogP contribution in [0.3, 0.4) is 0 Å². The number of aromatic amines is 1. The normalized spacial score (nSPS) is 13.6.